The van der Waals surface area contributed by atoms with E-state index in [0.717, 1.165) is 28.5 Å². The van der Waals surface area contributed by atoms with Gasteiger partial charge in [0.15, 0.2) is 0 Å². The van der Waals surface area contributed by atoms with E-state index in [1.54, 1.807) is 4.68 Å². The molecule has 20 heavy (non-hydrogen) atoms. The van der Waals surface area contributed by atoms with Crippen molar-refractivity contribution in [1.29, 1.82) is 0 Å². The highest BCUT2D eigenvalue weighted by Crippen LogP contribution is 2.68. The van der Waals surface area contributed by atoms with Crippen LogP contribution in [-0.4, -0.2) is 32.4 Å². The summed E-state index contributed by atoms with van der Waals surface area (Å²) in [7, 11) is 1.89. The Balaban J connectivity index is 1.97. The van der Waals surface area contributed by atoms with Gasteiger partial charge in [0, 0.05) is 23.2 Å². The molecule has 0 aromatic carbocycles. The minimum absolute atomic E-state index is 0.119. The molecule has 1 aromatic heterocycles. The van der Waals surface area contributed by atoms with Crippen molar-refractivity contribution in [2.45, 2.75) is 38.4 Å². The standard InChI is InChI=1S/C14H19IN2O3/c1-4-19-12(18)14-6-13(7-14,8-15)20-11(14)10-5-17(3)16-9(10)2/h5,11H,4,6-8H2,1-3H3. The number of nitrogens with zero attached hydrogens (tertiary/aromatic N) is 2. The van der Waals surface area contributed by atoms with Crippen molar-refractivity contribution in [3.05, 3.63) is 17.5 Å². The number of rotatable bonds is 4. The lowest BCUT2D eigenvalue weighted by Gasteiger charge is -2.42. The molecule has 0 amide bonds. The number of ether oxygens (including phenoxy) is 2. The Bertz CT molecular complexity index is 549. The van der Waals surface area contributed by atoms with E-state index in [1.165, 1.54) is 0 Å². The van der Waals surface area contributed by atoms with Gasteiger partial charge in [-0.2, -0.15) is 5.10 Å². The highest BCUT2D eigenvalue weighted by molar-refractivity contribution is 14.1. The summed E-state index contributed by atoms with van der Waals surface area (Å²) < 4.78 is 14.2. The van der Waals surface area contributed by atoms with Gasteiger partial charge < -0.3 is 9.47 Å². The molecule has 3 aliphatic rings. The van der Waals surface area contributed by atoms with Crippen molar-refractivity contribution in [3.8, 4) is 0 Å². The van der Waals surface area contributed by atoms with Gasteiger partial charge in [-0.15, -0.1) is 0 Å². The largest absolute Gasteiger partial charge is 0.465 e. The zero-order chi connectivity index (χ0) is 14.5. The number of esters is 1. The maximum Gasteiger partial charge on any atom is 0.315 e. The van der Waals surface area contributed by atoms with Crippen LogP contribution in [0.1, 0.15) is 37.1 Å². The number of fused-ring (bicyclic) bond motifs is 1. The van der Waals surface area contributed by atoms with Crippen molar-refractivity contribution in [1.82, 2.24) is 9.78 Å². The van der Waals surface area contributed by atoms with Gasteiger partial charge in [0.25, 0.3) is 0 Å². The Morgan fingerprint density at radius 2 is 2.35 bits per heavy atom. The first kappa shape index (κ1) is 14.3. The van der Waals surface area contributed by atoms with E-state index in [9.17, 15) is 4.79 Å². The van der Waals surface area contributed by atoms with Crippen molar-refractivity contribution in [3.63, 3.8) is 0 Å². The fraction of sp³-hybridized carbons (Fsp3) is 0.714. The van der Waals surface area contributed by atoms with Crippen LogP contribution >= 0.6 is 22.6 Å². The lowest BCUT2D eigenvalue weighted by atomic mass is 9.60. The number of halogens is 1. The molecule has 2 aliphatic heterocycles. The molecule has 1 aliphatic carbocycles. The second-order valence-electron chi connectivity index (χ2n) is 5.89. The maximum absolute atomic E-state index is 12.4. The number of carbonyl (C=O) groups is 1. The number of hydrogen-bond donors (Lipinski definition) is 0. The summed E-state index contributed by atoms with van der Waals surface area (Å²) >= 11 is 2.34. The molecule has 3 fully saturated rings. The summed E-state index contributed by atoms with van der Waals surface area (Å²) in [6.45, 7) is 4.22. The third-order valence-electron chi connectivity index (χ3n) is 4.40. The van der Waals surface area contributed by atoms with Crippen molar-refractivity contribution in [2.24, 2.45) is 12.5 Å². The third-order valence-corrected chi connectivity index (χ3v) is 5.79. The van der Waals surface area contributed by atoms with Crippen molar-refractivity contribution >= 4 is 28.6 Å². The molecule has 5 nitrogen and oxygen atoms in total. The molecule has 0 N–H and O–H groups in total. The van der Waals surface area contributed by atoms with Crippen LogP contribution < -0.4 is 0 Å². The molecule has 3 heterocycles. The average Bonchev–Trinajstić information content (AvgIpc) is 2.97. The first-order valence-electron chi connectivity index (χ1n) is 6.87. The van der Waals surface area contributed by atoms with Crippen LogP contribution in [0.5, 0.6) is 0 Å². The number of aryl methyl sites for hydroxylation is 2. The fourth-order valence-corrected chi connectivity index (χ4v) is 4.34. The van der Waals surface area contributed by atoms with Crippen LogP contribution in [-0.2, 0) is 21.3 Å². The predicted octanol–water partition coefficient (Wildman–Crippen LogP) is 2.32. The van der Waals surface area contributed by atoms with Gasteiger partial charge in [0.1, 0.15) is 11.5 Å². The van der Waals surface area contributed by atoms with E-state index in [2.05, 4.69) is 27.7 Å². The van der Waals surface area contributed by atoms with E-state index in [1.807, 2.05) is 27.1 Å². The van der Waals surface area contributed by atoms with E-state index < -0.39 is 5.41 Å². The molecule has 2 bridgehead atoms. The Hall–Kier alpha value is -0.630. The SMILES string of the molecule is CCOC(=O)C12CC(CI)(C1)OC2c1cn(C)nc1C. The molecule has 1 saturated carbocycles. The fourth-order valence-electron chi connectivity index (χ4n) is 3.62. The first-order valence-corrected chi connectivity index (χ1v) is 8.40. The molecule has 1 aromatic rings. The topological polar surface area (TPSA) is 53.4 Å². The summed E-state index contributed by atoms with van der Waals surface area (Å²) in [5.74, 6) is -0.119. The van der Waals surface area contributed by atoms with Crippen molar-refractivity contribution in [2.75, 3.05) is 11.0 Å². The number of hydrogen-bond acceptors (Lipinski definition) is 4. The summed E-state index contributed by atoms with van der Waals surface area (Å²) in [4.78, 5) is 12.4. The smallest absolute Gasteiger partial charge is 0.315 e. The van der Waals surface area contributed by atoms with Gasteiger partial charge in [0.2, 0.25) is 0 Å². The Labute approximate surface area is 132 Å². The molecular formula is C14H19IN2O3. The molecule has 2 saturated heterocycles. The molecule has 0 spiro atoms. The normalized spacial score (nSPS) is 34.9. The number of aromatic nitrogens is 2. The van der Waals surface area contributed by atoms with Crippen LogP contribution in [0.15, 0.2) is 6.20 Å². The van der Waals surface area contributed by atoms with E-state index in [4.69, 9.17) is 9.47 Å². The lowest BCUT2D eigenvalue weighted by molar-refractivity contribution is -0.161. The molecule has 110 valence electrons. The molecule has 1 unspecified atom stereocenters. The second-order valence-corrected chi connectivity index (χ2v) is 6.65. The van der Waals surface area contributed by atoms with Gasteiger partial charge in [-0.3, -0.25) is 9.48 Å². The monoisotopic (exact) mass is 390 g/mol. The number of carbonyl (C=O) groups excluding carboxylic acids is 1. The predicted molar refractivity (Wildman–Crippen MR) is 81.7 cm³/mol. The van der Waals surface area contributed by atoms with Crippen LogP contribution in [0, 0.1) is 12.3 Å². The summed E-state index contributed by atoms with van der Waals surface area (Å²) in [5, 5.41) is 4.38. The van der Waals surface area contributed by atoms with Crippen LogP contribution in [0.3, 0.4) is 0 Å². The minimum Gasteiger partial charge on any atom is -0.465 e. The van der Waals surface area contributed by atoms with Crippen LogP contribution in [0.2, 0.25) is 0 Å². The molecule has 4 rings (SSSR count). The quantitative estimate of drug-likeness (QED) is 0.450. The highest BCUT2D eigenvalue weighted by Gasteiger charge is 2.72. The molecule has 0 radical (unpaired) electrons. The zero-order valence-corrected chi connectivity index (χ0v) is 14.1. The van der Waals surface area contributed by atoms with E-state index in [0.29, 0.717) is 6.61 Å². The molecule has 1 atom stereocenters. The Morgan fingerprint density at radius 3 is 2.85 bits per heavy atom. The molecular weight excluding hydrogens is 371 g/mol. The van der Waals surface area contributed by atoms with Gasteiger partial charge in [-0.05, 0) is 26.7 Å². The van der Waals surface area contributed by atoms with Crippen molar-refractivity contribution < 1.29 is 14.3 Å². The average molecular weight is 390 g/mol. The second kappa shape index (κ2) is 4.69. The van der Waals surface area contributed by atoms with Gasteiger partial charge in [0.05, 0.1) is 17.9 Å². The van der Waals surface area contributed by atoms with Gasteiger partial charge in [-0.1, -0.05) is 22.6 Å². The Morgan fingerprint density at radius 1 is 1.65 bits per heavy atom. The minimum atomic E-state index is -0.505. The van der Waals surface area contributed by atoms with Gasteiger partial charge >= 0.3 is 5.97 Å². The summed E-state index contributed by atoms with van der Waals surface area (Å²) in [6.07, 6.45) is 3.27. The van der Waals surface area contributed by atoms with E-state index >= 15 is 0 Å². The summed E-state index contributed by atoms with van der Waals surface area (Å²) in [6, 6.07) is 0. The highest BCUT2D eigenvalue weighted by atomic mass is 127. The van der Waals surface area contributed by atoms with Crippen LogP contribution in [0.4, 0.5) is 0 Å². The molecule has 6 heteroatoms. The van der Waals surface area contributed by atoms with Gasteiger partial charge in [-0.25, -0.2) is 0 Å². The third kappa shape index (κ3) is 1.83. The van der Waals surface area contributed by atoms with Crippen LogP contribution in [0.25, 0.3) is 0 Å². The Kier molecular flexibility index (Phi) is 3.36. The first-order chi connectivity index (χ1) is 9.46. The zero-order valence-electron chi connectivity index (χ0n) is 12.0. The van der Waals surface area contributed by atoms with E-state index in [-0.39, 0.29) is 17.7 Å². The number of alkyl halides is 1. The summed E-state index contributed by atoms with van der Waals surface area (Å²) in [5.41, 5.74) is 1.29. The maximum atomic E-state index is 12.4. The lowest BCUT2D eigenvalue weighted by Crippen LogP contribution is -2.50.